The Morgan fingerprint density at radius 1 is 1.05 bits per heavy atom. The molecule has 0 bridgehead atoms. The maximum Gasteiger partial charge on any atom is 0.161 e. The second-order valence-electron chi connectivity index (χ2n) is 12.6. The highest BCUT2D eigenvalue weighted by Crippen LogP contribution is 2.41. The zero-order valence-electron chi connectivity index (χ0n) is 26.7. The van der Waals surface area contributed by atoms with Crippen molar-refractivity contribution in [1.29, 1.82) is 0 Å². The first-order valence-corrected chi connectivity index (χ1v) is 16.8. The van der Waals surface area contributed by atoms with Gasteiger partial charge in [-0.05, 0) is 86.8 Å². The number of aliphatic hydroxyl groups excluding tert-OH is 3. The number of unbranched alkanes of at least 4 members (excludes halogenated alkanes) is 1. The number of ether oxygens (including phenoxy) is 1. The molecule has 8 nitrogen and oxygen atoms in total. The Kier molecular flexibility index (Phi) is 13.7. The molecule has 1 aliphatic rings. The number of hydrogen-bond acceptors (Lipinski definition) is 7. The van der Waals surface area contributed by atoms with Crippen LogP contribution in [0.4, 0.5) is 0 Å². The fraction of sp³-hybridized carbons (Fsp3) is 0.611. The zero-order chi connectivity index (χ0) is 31.3. The summed E-state index contributed by atoms with van der Waals surface area (Å²) < 4.78 is 12.1. The third-order valence-corrected chi connectivity index (χ3v) is 9.03. The number of aromatic hydroxyl groups is 1. The van der Waals surface area contributed by atoms with Gasteiger partial charge < -0.3 is 39.9 Å². The second kappa shape index (κ2) is 17.6. The first kappa shape index (κ1) is 34.1. The normalized spacial score (nSPS) is 15.9. The number of aliphatic hydroxyl groups is 3. The van der Waals surface area contributed by atoms with E-state index in [0.717, 1.165) is 66.9 Å². The fourth-order valence-electron chi connectivity index (χ4n) is 6.69. The summed E-state index contributed by atoms with van der Waals surface area (Å²) in [6, 6.07) is 9.90. The maximum absolute atomic E-state index is 10.5. The molecular formula is C36H54N2O6. The van der Waals surface area contributed by atoms with Crippen molar-refractivity contribution in [3.8, 4) is 11.5 Å². The molecule has 1 aliphatic carbocycles. The van der Waals surface area contributed by atoms with Gasteiger partial charge in [0.05, 0.1) is 19.3 Å². The largest absolute Gasteiger partial charge is 0.504 e. The SMILES string of the molecule is CCCCc1oc(CCc2ccc(O)c(OCCc3cc([C@H](C4CCCC4)[C@H](CCCO)NC[C@H](C)O)c[nH]3)c2)cc1CO. The lowest BCUT2D eigenvalue weighted by Crippen LogP contribution is -2.41. The Morgan fingerprint density at radius 3 is 2.59 bits per heavy atom. The molecule has 6 N–H and O–H groups in total. The molecular weight excluding hydrogens is 556 g/mol. The van der Waals surface area contributed by atoms with E-state index >= 15 is 0 Å². The number of phenolic OH excluding ortho intramolecular Hbond substituents is 1. The van der Waals surface area contributed by atoms with E-state index in [0.29, 0.717) is 43.6 Å². The average molecular weight is 611 g/mol. The minimum atomic E-state index is -0.419. The predicted octanol–water partition coefficient (Wildman–Crippen LogP) is 5.94. The van der Waals surface area contributed by atoms with Gasteiger partial charge in [0.15, 0.2) is 11.5 Å². The maximum atomic E-state index is 10.5. The van der Waals surface area contributed by atoms with Crippen molar-refractivity contribution in [2.45, 2.75) is 116 Å². The summed E-state index contributed by atoms with van der Waals surface area (Å²) in [5.41, 5.74) is 4.29. The van der Waals surface area contributed by atoms with Crippen LogP contribution in [0.2, 0.25) is 0 Å². The molecule has 1 aromatic carbocycles. The minimum absolute atomic E-state index is 0.00648. The highest BCUT2D eigenvalue weighted by Gasteiger charge is 2.33. The van der Waals surface area contributed by atoms with Gasteiger partial charge in [-0.15, -0.1) is 0 Å². The van der Waals surface area contributed by atoms with Crippen molar-refractivity contribution in [2.75, 3.05) is 19.8 Å². The van der Waals surface area contributed by atoms with Crippen LogP contribution < -0.4 is 10.1 Å². The van der Waals surface area contributed by atoms with Crippen LogP contribution in [0.1, 0.15) is 105 Å². The second-order valence-corrected chi connectivity index (χ2v) is 12.6. The van der Waals surface area contributed by atoms with E-state index in [1.165, 1.54) is 31.2 Å². The van der Waals surface area contributed by atoms with Crippen LogP contribution in [-0.4, -0.2) is 57.3 Å². The lowest BCUT2D eigenvalue weighted by atomic mass is 9.78. The lowest BCUT2D eigenvalue weighted by molar-refractivity contribution is 0.174. The topological polar surface area (TPSA) is 131 Å². The standard InChI is InChI=1S/C36H54N2O6/c1-3-4-11-34-29(24-40)21-31(44-34)14-12-26-13-15-33(42)35(19-26)43-18-16-30-20-28(23-37-30)36(27-8-5-6-9-27)32(10-7-17-39)38-22-25(2)41/h13,15,19-21,23,25,27,32,36-42H,3-12,14,16-18,22,24H2,1-2H3/t25-,32-,36-/m0/s1. The summed E-state index contributed by atoms with van der Waals surface area (Å²) in [5.74, 6) is 3.26. The summed E-state index contributed by atoms with van der Waals surface area (Å²) >= 11 is 0. The molecule has 0 unspecified atom stereocenters. The molecule has 244 valence electrons. The third kappa shape index (κ3) is 9.86. The van der Waals surface area contributed by atoms with Gasteiger partial charge in [-0.25, -0.2) is 0 Å². The summed E-state index contributed by atoms with van der Waals surface area (Å²) in [7, 11) is 0. The molecule has 8 heteroatoms. The van der Waals surface area contributed by atoms with Gasteiger partial charge in [-0.1, -0.05) is 32.3 Å². The van der Waals surface area contributed by atoms with Gasteiger partial charge in [0.25, 0.3) is 0 Å². The number of aromatic nitrogens is 1. The monoisotopic (exact) mass is 610 g/mol. The van der Waals surface area contributed by atoms with Crippen LogP contribution in [0.25, 0.3) is 0 Å². The predicted molar refractivity (Wildman–Crippen MR) is 173 cm³/mol. The molecule has 1 fully saturated rings. The smallest absolute Gasteiger partial charge is 0.161 e. The highest BCUT2D eigenvalue weighted by molar-refractivity contribution is 5.42. The Labute approximate surface area is 262 Å². The number of rotatable bonds is 20. The number of H-pyrrole nitrogens is 1. The van der Waals surface area contributed by atoms with Crippen molar-refractivity contribution in [1.82, 2.24) is 10.3 Å². The molecule has 0 radical (unpaired) electrons. The van der Waals surface area contributed by atoms with Crippen molar-refractivity contribution >= 4 is 0 Å². The first-order chi connectivity index (χ1) is 21.4. The first-order valence-electron chi connectivity index (χ1n) is 16.8. The highest BCUT2D eigenvalue weighted by atomic mass is 16.5. The molecule has 44 heavy (non-hydrogen) atoms. The van der Waals surface area contributed by atoms with E-state index in [-0.39, 0.29) is 25.0 Å². The molecule has 3 aromatic rings. The zero-order valence-corrected chi connectivity index (χ0v) is 26.7. The van der Waals surface area contributed by atoms with E-state index in [9.17, 15) is 20.4 Å². The van der Waals surface area contributed by atoms with Crippen LogP contribution in [-0.2, 0) is 32.3 Å². The molecule has 2 aromatic heterocycles. The van der Waals surface area contributed by atoms with Crippen LogP contribution in [0.5, 0.6) is 11.5 Å². The quantitative estimate of drug-likeness (QED) is 0.0934. The molecule has 4 rings (SSSR count). The van der Waals surface area contributed by atoms with Gasteiger partial charge in [0.2, 0.25) is 0 Å². The van der Waals surface area contributed by atoms with Crippen LogP contribution in [0.3, 0.4) is 0 Å². The molecule has 2 heterocycles. The van der Waals surface area contributed by atoms with Gasteiger partial charge >= 0.3 is 0 Å². The number of aromatic amines is 1. The number of furan rings is 1. The van der Waals surface area contributed by atoms with Gasteiger partial charge in [0.1, 0.15) is 11.5 Å². The number of nitrogens with one attached hydrogen (secondary N) is 2. The molecule has 0 spiro atoms. The molecule has 1 saturated carbocycles. The van der Waals surface area contributed by atoms with E-state index in [4.69, 9.17) is 9.15 Å². The fourth-order valence-corrected chi connectivity index (χ4v) is 6.69. The van der Waals surface area contributed by atoms with Gasteiger partial charge in [0, 0.05) is 61.8 Å². The van der Waals surface area contributed by atoms with E-state index in [1.807, 2.05) is 18.2 Å². The number of benzene rings is 1. The summed E-state index contributed by atoms with van der Waals surface area (Å²) in [6.45, 7) is 5.08. The Morgan fingerprint density at radius 2 is 1.86 bits per heavy atom. The Bertz CT molecular complexity index is 1250. The van der Waals surface area contributed by atoms with Crippen molar-refractivity contribution < 1.29 is 29.6 Å². The number of hydrogen-bond donors (Lipinski definition) is 6. The van der Waals surface area contributed by atoms with Crippen molar-refractivity contribution in [3.05, 3.63) is 70.4 Å². The van der Waals surface area contributed by atoms with E-state index in [1.54, 1.807) is 13.0 Å². The molecule has 0 aliphatic heterocycles. The van der Waals surface area contributed by atoms with Crippen LogP contribution in [0.15, 0.2) is 40.9 Å². The summed E-state index contributed by atoms with van der Waals surface area (Å²) in [6.07, 6.45) is 13.3. The van der Waals surface area contributed by atoms with Crippen molar-refractivity contribution in [2.24, 2.45) is 5.92 Å². The van der Waals surface area contributed by atoms with E-state index < -0.39 is 6.10 Å². The molecule has 0 saturated heterocycles. The Balaban J connectivity index is 1.36. The average Bonchev–Trinajstić information content (AvgIpc) is 3.79. The minimum Gasteiger partial charge on any atom is -0.504 e. The number of phenols is 1. The number of aryl methyl sites for hydroxylation is 3. The molecule has 0 amide bonds. The lowest BCUT2D eigenvalue weighted by Gasteiger charge is -2.33. The molecule has 3 atom stereocenters. The van der Waals surface area contributed by atoms with Gasteiger partial charge in [-0.2, -0.15) is 0 Å². The summed E-state index contributed by atoms with van der Waals surface area (Å²) in [5, 5.41) is 43.3. The van der Waals surface area contributed by atoms with Gasteiger partial charge in [-0.3, -0.25) is 0 Å². The van der Waals surface area contributed by atoms with Crippen LogP contribution in [0, 0.1) is 5.92 Å². The van der Waals surface area contributed by atoms with Crippen molar-refractivity contribution in [3.63, 3.8) is 0 Å². The van der Waals surface area contributed by atoms with E-state index in [2.05, 4.69) is 29.5 Å². The van der Waals surface area contributed by atoms with Crippen LogP contribution >= 0.6 is 0 Å². The summed E-state index contributed by atoms with van der Waals surface area (Å²) in [4.78, 5) is 3.46. The Hall–Kier alpha value is -2.78. The third-order valence-electron chi connectivity index (χ3n) is 9.03.